The second-order valence-corrected chi connectivity index (χ2v) is 8.00. The quantitative estimate of drug-likeness (QED) is 0.349. The molecule has 0 saturated carbocycles. The molecule has 0 saturated heterocycles. The van der Waals surface area contributed by atoms with Gasteiger partial charge < -0.3 is 14.8 Å². The Labute approximate surface area is 203 Å². The van der Waals surface area contributed by atoms with E-state index >= 15 is 0 Å². The van der Waals surface area contributed by atoms with Crippen molar-refractivity contribution in [3.63, 3.8) is 0 Å². The van der Waals surface area contributed by atoms with Gasteiger partial charge in [-0.3, -0.25) is 4.79 Å². The predicted octanol–water partition coefficient (Wildman–Crippen LogP) is 4.88. The lowest BCUT2D eigenvalue weighted by molar-refractivity contribution is -0.116. The fraction of sp³-hybridized carbons (Fsp3) is 0.259. The average Bonchev–Trinajstić information content (AvgIpc) is 3.28. The molecule has 4 aromatic rings. The van der Waals surface area contributed by atoms with Crippen molar-refractivity contribution in [3.05, 3.63) is 77.5 Å². The molecule has 35 heavy (non-hydrogen) atoms. The Kier molecular flexibility index (Phi) is 7.40. The molecule has 0 aliphatic rings. The van der Waals surface area contributed by atoms with Gasteiger partial charge in [0.2, 0.25) is 5.91 Å². The van der Waals surface area contributed by atoms with Crippen molar-refractivity contribution in [3.8, 4) is 11.6 Å². The molecule has 8 nitrogen and oxygen atoms in total. The number of benzene rings is 2. The Bertz CT molecular complexity index is 1350. The number of nitrogens with zero attached hydrogens (tertiary/aromatic N) is 3. The van der Waals surface area contributed by atoms with E-state index in [1.807, 2.05) is 61.5 Å². The lowest BCUT2D eigenvalue weighted by Gasteiger charge is -2.12. The van der Waals surface area contributed by atoms with Gasteiger partial charge in [-0.1, -0.05) is 37.3 Å². The van der Waals surface area contributed by atoms with Crippen LogP contribution in [0.15, 0.2) is 60.8 Å². The van der Waals surface area contributed by atoms with Gasteiger partial charge >= 0.3 is 5.97 Å². The van der Waals surface area contributed by atoms with Gasteiger partial charge in [0.05, 0.1) is 31.3 Å². The molecule has 4 rings (SSSR count). The molecule has 1 N–H and O–H groups in total. The second kappa shape index (κ2) is 10.8. The lowest BCUT2D eigenvalue weighted by Crippen LogP contribution is -2.20. The van der Waals surface area contributed by atoms with Crippen LogP contribution in [0.2, 0.25) is 0 Å². The Morgan fingerprint density at radius 2 is 1.83 bits per heavy atom. The molecule has 2 heterocycles. The van der Waals surface area contributed by atoms with Gasteiger partial charge in [0, 0.05) is 5.39 Å². The summed E-state index contributed by atoms with van der Waals surface area (Å²) in [5, 5.41) is 8.17. The number of aryl methyl sites for hydroxylation is 2. The molecule has 0 atom stereocenters. The number of pyridine rings is 1. The average molecular weight is 473 g/mol. The van der Waals surface area contributed by atoms with Gasteiger partial charge in [-0.15, -0.1) is 0 Å². The normalized spacial score (nSPS) is 10.8. The third-order valence-electron chi connectivity index (χ3n) is 5.58. The minimum atomic E-state index is -0.571. The van der Waals surface area contributed by atoms with Crippen molar-refractivity contribution in [1.82, 2.24) is 14.8 Å². The van der Waals surface area contributed by atoms with Crippen LogP contribution in [0, 0.1) is 6.92 Å². The summed E-state index contributed by atoms with van der Waals surface area (Å²) in [6, 6.07) is 17.4. The van der Waals surface area contributed by atoms with Crippen LogP contribution in [-0.2, 0) is 16.0 Å². The molecule has 2 aromatic heterocycles. The highest BCUT2D eigenvalue weighted by atomic mass is 16.5. The summed E-state index contributed by atoms with van der Waals surface area (Å²) in [6.07, 6.45) is 2.42. The maximum absolute atomic E-state index is 12.8. The lowest BCUT2D eigenvalue weighted by atomic mass is 10.1. The minimum absolute atomic E-state index is 0.0904. The molecular weight excluding hydrogens is 444 g/mol. The van der Waals surface area contributed by atoms with Gasteiger partial charge in [0.25, 0.3) is 0 Å². The van der Waals surface area contributed by atoms with Gasteiger partial charge in [-0.2, -0.15) is 9.78 Å². The van der Waals surface area contributed by atoms with E-state index in [9.17, 15) is 9.59 Å². The molecule has 0 fully saturated rings. The van der Waals surface area contributed by atoms with Crippen LogP contribution in [0.3, 0.4) is 0 Å². The highest BCUT2D eigenvalue weighted by molar-refractivity contribution is 6.00. The summed E-state index contributed by atoms with van der Waals surface area (Å²) in [4.78, 5) is 30.0. The number of carbonyl (C=O) groups is 2. The maximum Gasteiger partial charge on any atom is 0.343 e. The van der Waals surface area contributed by atoms with E-state index in [1.165, 1.54) is 16.4 Å². The van der Waals surface area contributed by atoms with Crippen LogP contribution in [0.1, 0.15) is 41.8 Å². The van der Waals surface area contributed by atoms with Crippen molar-refractivity contribution in [2.24, 2.45) is 0 Å². The number of carbonyl (C=O) groups excluding carboxylic acids is 2. The molecule has 0 aliphatic carbocycles. The summed E-state index contributed by atoms with van der Waals surface area (Å²) >= 11 is 0. The molecule has 0 unspecified atom stereocenters. The number of fused-ring (bicyclic) bond motifs is 1. The number of hydrogen-bond donors (Lipinski definition) is 1. The zero-order chi connectivity index (χ0) is 24.8. The monoisotopic (exact) mass is 472 g/mol. The first kappa shape index (κ1) is 23.9. The van der Waals surface area contributed by atoms with Crippen LogP contribution < -0.4 is 10.1 Å². The first-order valence-corrected chi connectivity index (χ1v) is 11.6. The first-order chi connectivity index (χ1) is 17.0. The number of amides is 1. The number of anilines is 1. The van der Waals surface area contributed by atoms with E-state index in [2.05, 4.69) is 22.3 Å². The smallest absolute Gasteiger partial charge is 0.343 e. The molecule has 0 aliphatic heterocycles. The van der Waals surface area contributed by atoms with Gasteiger partial charge in [-0.25, -0.2) is 9.78 Å². The standard InChI is InChI=1S/C27H28N4O4/c1-4-19-10-12-20(13-11-19)35-15-14-25(32)30-26-22(27(33)34-5-2)17-28-31(26)24-16-18(3)21-8-6-7-9-23(21)29-24/h6-13,16-17H,4-5,14-15H2,1-3H3,(H,30,32). The SMILES string of the molecule is CCOC(=O)c1cnn(-c2cc(C)c3ccccc3n2)c1NC(=O)CCOc1ccc(CC)cc1. The van der Waals surface area contributed by atoms with Crippen LogP contribution in [0.4, 0.5) is 5.82 Å². The number of ether oxygens (including phenoxy) is 2. The van der Waals surface area contributed by atoms with E-state index in [-0.39, 0.29) is 36.9 Å². The largest absolute Gasteiger partial charge is 0.493 e. The third-order valence-corrected chi connectivity index (χ3v) is 5.58. The molecule has 1 amide bonds. The van der Waals surface area contributed by atoms with Crippen molar-refractivity contribution in [1.29, 1.82) is 0 Å². The molecule has 0 bridgehead atoms. The highest BCUT2D eigenvalue weighted by Crippen LogP contribution is 2.24. The Morgan fingerprint density at radius 1 is 1.06 bits per heavy atom. The molecule has 180 valence electrons. The predicted molar refractivity (Wildman–Crippen MR) is 134 cm³/mol. The fourth-order valence-electron chi connectivity index (χ4n) is 3.72. The number of nitrogens with one attached hydrogen (secondary N) is 1. The van der Waals surface area contributed by atoms with Gasteiger partial charge in [0.15, 0.2) is 11.6 Å². The number of para-hydroxylation sites is 1. The van der Waals surface area contributed by atoms with E-state index in [0.717, 1.165) is 22.9 Å². The topological polar surface area (TPSA) is 95.3 Å². The van der Waals surface area contributed by atoms with E-state index in [4.69, 9.17) is 9.47 Å². The number of esters is 1. The van der Waals surface area contributed by atoms with Crippen LogP contribution in [0.5, 0.6) is 5.75 Å². The number of rotatable bonds is 9. The fourth-order valence-corrected chi connectivity index (χ4v) is 3.72. The van der Waals surface area contributed by atoms with Crippen LogP contribution in [-0.4, -0.2) is 39.9 Å². The molecule has 0 radical (unpaired) electrons. The first-order valence-electron chi connectivity index (χ1n) is 11.6. The van der Waals surface area contributed by atoms with Crippen LogP contribution in [0.25, 0.3) is 16.7 Å². The molecule has 2 aromatic carbocycles. The number of hydrogen-bond acceptors (Lipinski definition) is 6. The van der Waals surface area contributed by atoms with E-state index in [1.54, 1.807) is 6.92 Å². The molecular formula is C27H28N4O4. The van der Waals surface area contributed by atoms with Crippen molar-refractivity contribution < 1.29 is 19.1 Å². The Balaban J connectivity index is 1.56. The van der Waals surface area contributed by atoms with Crippen molar-refractivity contribution in [2.75, 3.05) is 18.5 Å². The summed E-state index contributed by atoms with van der Waals surface area (Å²) in [7, 11) is 0. The molecule has 8 heteroatoms. The number of aromatic nitrogens is 3. The molecule has 0 spiro atoms. The van der Waals surface area contributed by atoms with Gasteiger partial charge in [-0.05, 0) is 55.7 Å². The third kappa shape index (κ3) is 5.48. The van der Waals surface area contributed by atoms with E-state index in [0.29, 0.717) is 11.6 Å². The summed E-state index contributed by atoms with van der Waals surface area (Å²) in [5.74, 6) is 0.504. The second-order valence-electron chi connectivity index (χ2n) is 8.00. The van der Waals surface area contributed by atoms with E-state index < -0.39 is 5.97 Å². The summed E-state index contributed by atoms with van der Waals surface area (Å²) in [6.45, 7) is 6.18. The Hall–Kier alpha value is -4.20. The summed E-state index contributed by atoms with van der Waals surface area (Å²) in [5.41, 5.74) is 3.16. The summed E-state index contributed by atoms with van der Waals surface area (Å²) < 4.78 is 12.3. The van der Waals surface area contributed by atoms with Crippen molar-refractivity contribution in [2.45, 2.75) is 33.6 Å². The Morgan fingerprint density at radius 3 is 2.57 bits per heavy atom. The zero-order valence-electron chi connectivity index (χ0n) is 20.1. The van der Waals surface area contributed by atoms with Gasteiger partial charge in [0.1, 0.15) is 11.3 Å². The highest BCUT2D eigenvalue weighted by Gasteiger charge is 2.22. The van der Waals surface area contributed by atoms with Crippen molar-refractivity contribution >= 4 is 28.6 Å². The maximum atomic E-state index is 12.8. The zero-order valence-corrected chi connectivity index (χ0v) is 20.1. The minimum Gasteiger partial charge on any atom is -0.493 e. The van der Waals surface area contributed by atoms with Crippen LogP contribution >= 0.6 is 0 Å².